The van der Waals surface area contributed by atoms with Gasteiger partial charge in [0.2, 0.25) is 0 Å². The Morgan fingerprint density at radius 1 is 1.00 bits per heavy atom. The predicted molar refractivity (Wildman–Crippen MR) is 127 cm³/mol. The molecule has 1 fully saturated rings. The molecule has 0 unspecified atom stereocenters. The molecule has 0 radical (unpaired) electrons. The van der Waals surface area contributed by atoms with Gasteiger partial charge in [-0.2, -0.15) is 0 Å². The molecule has 3 nitrogen and oxygen atoms in total. The van der Waals surface area contributed by atoms with Crippen molar-refractivity contribution in [1.29, 1.82) is 0 Å². The van der Waals surface area contributed by atoms with Crippen molar-refractivity contribution in [1.82, 2.24) is 10.2 Å². The van der Waals surface area contributed by atoms with Gasteiger partial charge < -0.3 is 10.1 Å². The first kappa shape index (κ1) is 24.1. The second kappa shape index (κ2) is 11.3. The van der Waals surface area contributed by atoms with Gasteiger partial charge in [-0.05, 0) is 47.7 Å². The van der Waals surface area contributed by atoms with Gasteiger partial charge in [0.1, 0.15) is 0 Å². The second-order valence-corrected chi connectivity index (χ2v) is 8.93. The lowest BCUT2D eigenvalue weighted by molar-refractivity contribution is -0.0378. The standard InChI is InChI=1S/C21H24Br2N2O.2ClH/c22-17-11-15(12-18(23)13-17)14-26-20-6-5-16-3-1-2-4-19(16)21(20)25-9-7-24-8-10-25;;/h1-4,11-13,20-21,24H,5-10,14H2;2*1H/t20-,21+;;/m0../s1. The molecule has 0 spiro atoms. The third-order valence-electron chi connectivity index (χ3n) is 5.36. The van der Waals surface area contributed by atoms with Crippen molar-refractivity contribution in [3.8, 4) is 0 Å². The van der Waals surface area contributed by atoms with Crippen molar-refractivity contribution in [2.24, 2.45) is 0 Å². The number of halogens is 4. The molecular weight excluding hydrogens is 527 g/mol. The van der Waals surface area contributed by atoms with Crippen molar-refractivity contribution in [3.63, 3.8) is 0 Å². The van der Waals surface area contributed by atoms with Crippen molar-refractivity contribution in [3.05, 3.63) is 68.1 Å². The number of nitrogens with one attached hydrogen (secondary N) is 1. The molecule has 2 aromatic carbocycles. The Hall–Kier alpha value is -0.140. The minimum Gasteiger partial charge on any atom is -0.372 e. The molecule has 4 rings (SSSR count). The number of hydrogen-bond donors (Lipinski definition) is 1. The van der Waals surface area contributed by atoms with E-state index in [1.54, 1.807) is 0 Å². The molecule has 1 aliphatic carbocycles. The fraction of sp³-hybridized carbons (Fsp3) is 0.429. The van der Waals surface area contributed by atoms with Gasteiger partial charge in [0, 0.05) is 35.1 Å². The van der Waals surface area contributed by atoms with E-state index in [9.17, 15) is 0 Å². The largest absolute Gasteiger partial charge is 0.372 e. The van der Waals surface area contributed by atoms with Gasteiger partial charge in [-0.3, -0.25) is 4.90 Å². The summed E-state index contributed by atoms with van der Waals surface area (Å²) in [7, 11) is 0. The number of benzene rings is 2. The third-order valence-corrected chi connectivity index (χ3v) is 6.27. The van der Waals surface area contributed by atoms with Crippen LogP contribution in [0, 0.1) is 0 Å². The van der Waals surface area contributed by atoms with Gasteiger partial charge in [-0.1, -0.05) is 56.1 Å². The van der Waals surface area contributed by atoms with Crippen LogP contribution in [0.5, 0.6) is 0 Å². The zero-order chi connectivity index (χ0) is 17.9. The number of ether oxygens (including phenoxy) is 1. The Morgan fingerprint density at radius 2 is 1.68 bits per heavy atom. The zero-order valence-corrected chi connectivity index (χ0v) is 20.4. The fourth-order valence-corrected chi connectivity index (χ4v) is 5.56. The Kier molecular flexibility index (Phi) is 9.74. The van der Waals surface area contributed by atoms with Crippen LogP contribution in [0.1, 0.15) is 29.2 Å². The Balaban J connectivity index is 0.00000140. The van der Waals surface area contributed by atoms with Gasteiger partial charge in [0.25, 0.3) is 0 Å². The normalized spacial score (nSPS) is 21.9. The summed E-state index contributed by atoms with van der Waals surface area (Å²) in [6, 6.07) is 15.6. The third kappa shape index (κ3) is 5.72. The lowest BCUT2D eigenvalue weighted by Gasteiger charge is -2.42. The van der Waals surface area contributed by atoms with Crippen molar-refractivity contribution in [2.45, 2.75) is 31.6 Å². The topological polar surface area (TPSA) is 24.5 Å². The van der Waals surface area contributed by atoms with Crippen LogP contribution in [0.25, 0.3) is 0 Å². The molecule has 1 aliphatic heterocycles. The summed E-state index contributed by atoms with van der Waals surface area (Å²) in [5.74, 6) is 0. The van der Waals surface area contributed by atoms with Gasteiger partial charge in [0.05, 0.1) is 18.8 Å². The van der Waals surface area contributed by atoms with Crippen LogP contribution in [0.4, 0.5) is 0 Å². The highest BCUT2D eigenvalue weighted by atomic mass is 79.9. The Bertz CT molecular complexity index is 752. The number of aryl methyl sites for hydroxylation is 1. The first-order valence-electron chi connectivity index (χ1n) is 9.30. The molecule has 0 aromatic heterocycles. The Morgan fingerprint density at radius 3 is 2.39 bits per heavy atom. The lowest BCUT2D eigenvalue weighted by atomic mass is 9.84. The summed E-state index contributed by atoms with van der Waals surface area (Å²) in [5.41, 5.74) is 4.14. The smallest absolute Gasteiger partial charge is 0.0779 e. The zero-order valence-electron chi connectivity index (χ0n) is 15.6. The van der Waals surface area contributed by atoms with Gasteiger partial charge >= 0.3 is 0 Å². The summed E-state index contributed by atoms with van der Waals surface area (Å²) >= 11 is 7.15. The maximum atomic E-state index is 6.50. The highest BCUT2D eigenvalue weighted by Crippen LogP contribution is 2.37. The first-order chi connectivity index (χ1) is 12.7. The lowest BCUT2D eigenvalue weighted by Crippen LogP contribution is -2.49. The predicted octanol–water partition coefficient (Wildman–Crippen LogP) is 5.53. The molecule has 2 aliphatic rings. The highest BCUT2D eigenvalue weighted by molar-refractivity contribution is 9.11. The van der Waals surface area contributed by atoms with Crippen molar-refractivity contribution in [2.75, 3.05) is 26.2 Å². The van der Waals surface area contributed by atoms with Gasteiger partial charge in [-0.25, -0.2) is 0 Å². The molecule has 0 amide bonds. The summed E-state index contributed by atoms with van der Waals surface area (Å²) in [6.07, 6.45) is 2.42. The quantitative estimate of drug-likeness (QED) is 0.539. The van der Waals surface area contributed by atoms with Crippen molar-refractivity contribution >= 4 is 56.7 Å². The number of fused-ring (bicyclic) bond motifs is 1. The fourth-order valence-electron chi connectivity index (χ4n) is 4.17. The van der Waals surface area contributed by atoms with E-state index in [1.807, 2.05) is 0 Å². The SMILES string of the molecule is Brc1cc(Br)cc(CO[C@H]2CCc3ccccc3[C@H]2N2CCNCC2)c1.Cl.Cl. The summed E-state index contributed by atoms with van der Waals surface area (Å²) in [5, 5.41) is 3.47. The number of rotatable bonds is 4. The van der Waals surface area contributed by atoms with Crippen LogP contribution >= 0.6 is 56.7 Å². The number of hydrogen-bond acceptors (Lipinski definition) is 3. The van der Waals surface area contributed by atoms with E-state index in [-0.39, 0.29) is 30.9 Å². The van der Waals surface area contributed by atoms with E-state index < -0.39 is 0 Å². The van der Waals surface area contributed by atoms with Crippen LogP contribution < -0.4 is 5.32 Å². The van der Waals surface area contributed by atoms with Gasteiger partial charge in [-0.15, -0.1) is 24.8 Å². The average Bonchev–Trinajstić information content (AvgIpc) is 2.66. The highest BCUT2D eigenvalue weighted by Gasteiger charge is 2.35. The minimum absolute atomic E-state index is 0. The molecule has 0 saturated carbocycles. The van der Waals surface area contributed by atoms with E-state index in [0.717, 1.165) is 48.0 Å². The number of piperazine rings is 1. The molecule has 28 heavy (non-hydrogen) atoms. The molecular formula is C21H26Br2Cl2N2O. The van der Waals surface area contributed by atoms with E-state index in [2.05, 4.69) is 84.5 Å². The molecule has 2 aromatic rings. The summed E-state index contributed by atoms with van der Waals surface area (Å²) in [6.45, 7) is 4.93. The summed E-state index contributed by atoms with van der Waals surface area (Å²) in [4.78, 5) is 2.61. The number of nitrogens with zero attached hydrogens (tertiary/aromatic N) is 1. The van der Waals surface area contributed by atoms with E-state index >= 15 is 0 Å². The van der Waals surface area contributed by atoms with E-state index in [4.69, 9.17) is 4.74 Å². The summed E-state index contributed by atoms with van der Waals surface area (Å²) < 4.78 is 8.66. The molecule has 1 heterocycles. The van der Waals surface area contributed by atoms with E-state index in [1.165, 1.54) is 16.7 Å². The maximum Gasteiger partial charge on any atom is 0.0779 e. The average molecular weight is 553 g/mol. The minimum atomic E-state index is 0. The molecule has 7 heteroatoms. The monoisotopic (exact) mass is 550 g/mol. The van der Waals surface area contributed by atoms with E-state index in [0.29, 0.717) is 12.6 Å². The molecule has 0 bridgehead atoms. The molecule has 2 atom stereocenters. The van der Waals surface area contributed by atoms with Crippen LogP contribution in [0.15, 0.2) is 51.4 Å². The van der Waals surface area contributed by atoms with Crippen LogP contribution in [-0.2, 0) is 17.8 Å². The molecule has 1 saturated heterocycles. The Labute approximate surface area is 196 Å². The van der Waals surface area contributed by atoms with Gasteiger partial charge in [0.15, 0.2) is 0 Å². The van der Waals surface area contributed by atoms with Crippen LogP contribution in [0.2, 0.25) is 0 Å². The second-order valence-electron chi connectivity index (χ2n) is 7.10. The van der Waals surface area contributed by atoms with Crippen LogP contribution in [0.3, 0.4) is 0 Å². The van der Waals surface area contributed by atoms with Crippen molar-refractivity contribution < 1.29 is 4.74 Å². The molecule has 154 valence electrons. The molecule has 1 N–H and O–H groups in total. The maximum absolute atomic E-state index is 6.50. The van der Waals surface area contributed by atoms with Crippen LogP contribution in [-0.4, -0.2) is 37.2 Å². The first-order valence-corrected chi connectivity index (χ1v) is 10.9.